The number of imidazole rings is 2. The van der Waals surface area contributed by atoms with E-state index in [2.05, 4.69) is 50.2 Å². The number of amides is 5. The number of benzene rings is 3. The molecule has 17 nitrogen and oxygen atoms in total. The molecule has 2 saturated heterocycles. The van der Waals surface area contributed by atoms with Crippen LogP contribution >= 0.6 is 0 Å². The Labute approximate surface area is 395 Å². The zero-order valence-corrected chi connectivity index (χ0v) is 39.5. The second-order valence-corrected chi connectivity index (χ2v) is 19.7. The average molecular weight is 930 g/mol. The third-order valence-corrected chi connectivity index (χ3v) is 14.4. The van der Waals surface area contributed by atoms with E-state index in [1.807, 2.05) is 56.9 Å². The molecule has 68 heavy (non-hydrogen) atoms. The van der Waals surface area contributed by atoms with Crippen molar-refractivity contribution in [3.63, 3.8) is 0 Å². The molecule has 4 aliphatic rings. The van der Waals surface area contributed by atoms with Crippen LogP contribution in [0.5, 0.6) is 5.75 Å². The number of anilines is 1. The van der Waals surface area contributed by atoms with Crippen molar-refractivity contribution in [2.75, 3.05) is 38.7 Å². The number of H-pyrrole nitrogens is 2. The number of alkyl carbamates (subject to hydrolysis) is 1. The van der Waals surface area contributed by atoms with Gasteiger partial charge in [-0.3, -0.25) is 19.2 Å². The minimum atomic E-state index is -0.755. The van der Waals surface area contributed by atoms with Crippen molar-refractivity contribution >= 4 is 57.5 Å². The van der Waals surface area contributed by atoms with Gasteiger partial charge in [-0.1, -0.05) is 39.8 Å². The van der Waals surface area contributed by atoms with Crippen LogP contribution < -0.4 is 20.7 Å². The van der Waals surface area contributed by atoms with Crippen molar-refractivity contribution in [2.45, 2.75) is 116 Å². The average Bonchev–Trinajstić information content (AvgIpc) is 4.14. The first kappa shape index (κ1) is 46.6. The number of hydrogen-bond acceptors (Lipinski definition) is 10. The lowest BCUT2D eigenvalue weighted by atomic mass is 9.92. The minimum Gasteiger partial charge on any atom is -0.493 e. The first-order valence-corrected chi connectivity index (χ1v) is 24.2. The highest BCUT2D eigenvalue weighted by Crippen LogP contribution is 2.39. The van der Waals surface area contributed by atoms with E-state index in [9.17, 15) is 29.1 Å². The van der Waals surface area contributed by atoms with Crippen LogP contribution in [0.2, 0.25) is 0 Å². The van der Waals surface area contributed by atoms with Gasteiger partial charge < -0.3 is 50.3 Å². The van der Waals surface area contributed by atoms with Gasteiger partial charge in [0.25, 0.3) is 0 Å². The maximum atomic E-state index is 14.0. The molecule has 0 radical (unpaired) electrons. The van der Waals surface area contributed by atoms with Gasteiger partial charge in [0.2, 0.25) is 23.6 Å². The van der Waals surface area contributed by atoms with Gasteiger partial charge in [-0.05, 0) is 134 Å². The molecule has 9 rings (SSSR count). The van der Waals surface area contributed by atoms with Crippen LogP contribution in [0.1, 0.15) is 118 Å². The van der Waals surface area contributed by atoms with Crippen LogP contribution in [-0.2, 0) is 43.2 Å². The fourth-order valence-corrected chi connectivity index (χ4v) is 10.6. The highest BCUT2D eigenvalue weighted by Gasteiger charge is 2.39. The zero-order valence-electron chi connectivity index (χ0n) is 39.5. The van der Waals surface area contributed by atoms with Crippen LogP contribution in [0.25, 0.3) is 22.1 Å². The molecule has 0 saturated carbocycles. The molecule has 4 aliphatic heterocycles. The summed E-state index contributed by atoms with van der Waals surface area (Å²) in [6.07, 6.45) is 6.39. The van der Waals surface area contributed by atoms with Gasteiger partial charge in [0.15, 0.2) is 0 Å². The Kier molecular flexibility index (Phi) is 13.4. The molecule has 6 unspecified atom stereocenters. The molecule has 0 aliphatic carbocycles. The summed E-state index contributed by atoms with van der Waals surface area (Å²) in [5.41, 5.74) is 8.31. The Bertz CT molecular complexity index is 2730. The van der Waals surface area contributed by atoms with E-state index < -0.39 is 30.7 Å². The lowest BCUT2D eigenvalue weighted by molar-refractivity contribution is -0.139. The van der Waals surface area contributed by atoms with Crippen molar-refractivity contribution < 1.29 is 38.6 Å². The summed E-state index contributed by atoms with van der Waals surface area (Å²) in [4.78, 5) is 85.8. The van der Waals surface area contributed by atoms with Gasteiger partial charge in [0, 0.05) is 18.8 Å². The lowest BCUT2D eigenvalue weighted by Gasteiger charge is -2.30. The zero-order chi connectivity index (χ0) is 47.8. The van der Waals surface area contributed by atoms with E-state index in [0.29, 0.717) is 38.4 Å². The van der Waals surface area contributed by atoms with Gasteiger partial charge in [-0.2, -0.15) is 0 Å². The van der Waals surface area contributed by atoms with Crippen molar-refractivity contribution in [3.05, 3.63) is 82.4 Å². The second-order valence-electron chi connectivity index (χ2n) is 19.7. The quantitative estimate of drug-likeness (QED) is 0.0840. The number of hydrogen-bond donors (Lipinski definition) is 6. The number of fused-ring (bicyclic) bond motifs is 4. The smallest absolute Gasteiger partial charge is 0.407 e. The molecule has 6 N–H and O–H groups in total. The number of rotatable bonds is 12. The molecule has 3 aromatic carbocycles. The standard InChI is InChI=1S/C51H63N9O8/c1-27(2)44(57-43(62)25-61)49(64)59-18-6-9-41(59)47-53-36-17-14-31(22-39(36)55-47)34-15-13-32-24-42-33(23-37(32)56-48(34)63)12-10-30(26-68-42)20-29-11-16-35-38(21-29)54-46(52-35)40-8-7-19-60(40)50(65)45(28(3)4)58-51(66)67-5/h11,14,16-17,21-24,27-28,30,34,40-41,44-45,61H,6-10,12-13,15,18-20,25-26H2,1-5H3,(H,52,54)(H,53,55)(H,56,63)(H,57,62)(H,58,66). The van der Waals surface area contributed by atoms with Crippen LogP contribution in [-0.4, -0.2) is 110 Å². The van der Waals surface area contributed by atoms with Gasteiger partial charge >= 0.3 is 6.09 Å². The number of carbonyl (C=O) groups is 5. The maximum Gasteiger partial charge on any atom is 0.407 e. The largest absolute Gasteiger partial charge is 0.493 e. The van der Waals surface area contributed by atoms with E-state index in [1.54, 1.807) is 4.90 Å². The Morgan fingerprint density at radius 3 is 2.04 bits per heavy atom. The van der Waals surface area contributed by atoms with E-state index in [0.717, 1.165) is 101 Å². The lowest BCUT2D eigenvalue weighted by Crippen LogP contribution is -2.51. The molecule has 6 heterocycles. The van der Waals surface area contributed by atoms with E-state index in [4.69, 9.17) is 19.4 Å². The number of carbonyl (C=O) groups excluding carboxylic acids is 5. The van der Waals surface area contributed by atoms with E-state index >= 15 is 0 Å². The number of ether oxygens (including phenoxy) is 2. The Morgan fingerprint density at radius 1 is 0.794 bits per heavy atom. The highest BCUT2D eigenvalue weighted by molar-refractivity contribution is 5.98. The number of likely N-dealkylation sites (tertiary alicyclic amines) is 2. The number of aliphatic hydroxyl groups excluding tert-OH is 1. The molecule has 6 atom stereocenters. The van der Waals surface area contributed by atoms with E-state index in [1.165, 1.54) is 12.7 Å². The van der Waals surface area contributed by atoms with Crippen molar-refractivity contribution in [3.8, 4) is 5.75 Å². The summed E-state index contributed by atoms with van der Waals surface area (Å²) in [6, 6.07) is 14.4. The van der Waals surface area contributed by atoms with Crippen LogP contribution in [0.4, 0.5) is 10.5 Å². The minimum absolute atomic E-state index is 0.0626. The second kappa shape index (κ2) is 19.6. The third-order valence-electron chi connectivity index (χ3n) is 14.4. The molecular formula is C51H63N9O8. The number of aryl methyl sites for hydroxylation is 2. The predicted octanol–water partition coefficient (Wildman–Crippen LogP) is 6.13. The first-order valence-electron chi connectivity index (χ1n) is 24.2. The number of nitrogens with one attached hydrogen (secondary N) is 5. The van der Waals surface area contributed by atoms with Crippen molar-refractivity contribution in [1.29, 1.82) is 0 Å². The molecule has 5 amide bonds. The molecule has 17 heteroatoms. The molecule has 2 aromatic heterocycles. The summed E-state index contributed by atoms with van der Waals surface area (Å²) in [7, 11) is 1.29. The Balaban J connectivity index is 0.833. The number of aromatic amines is 2. The van der Waals surface area contributed by atoms with Crippen molar-refractivity contribution in [1.82, 2.24) is 40.4 Å². The first-order chi connectivity index (χ1) is 32.8. The van der Waals surface area contributed by atoms with Gasteiger partial charge in [-0.25, -0.2) is 14.8 Å². The summed E-state index contributed by atoms with van der Waals surface area (Å²) in [5, 5.41) is 17.9. The molecule has 0 spiro atoms. The Hall–Kier alpha value is -6.49. The number of aromatic nitrogens is 4. The van der Waals surface area contributed by atoms with Gasteiger partial charge in [0.1, 0.15) is 36.1 Å². The number of nitrogens with zero attached hydrogens (tertiary/aromatic N) is 4. The van der Waals surface area contributed by atoms with Crippen molar-refractivity contribution in [2.24, 2.45) is 17.8 Å². The Morgan fingerprint density at radius 2 is 1.41 bits per heavy atom. The van der Waals surface area contributed by atoms with Gasteiger partial charge in [0.05, 0.1) is 53.8 Å². The normalized spacial score (nSPS) is 21.4. The predicted molar refractivity (Wildman–Crippen MR) is 255 cm³/mol. The topological polar surface area (TPSA) is 224 Å². The summed E-state index contributed by atoms with van der Waals surface area (Å²) >= 11 is 0. The van der Waals surface area contributed by atoms with Crippen LogP contribution in [0.15, 0.2) is 48.5 Å². The fraction of sp³-hybridized carbons (Fsp3) is 0.510. The SMILES string of the molecule is COC(=O)NC(C(=O)N1CCCC1c1nc2ccc(CC3CCc4cc5c(cc4OC3)CCC(c3ccc4nc(C6CCCN6C(=O)C(NC(=O)CO)C(C)C)[nH]c4c3)C(=O)N5)cc2[nH]1)C(C)C. The molecule has 0 bridgehead atoms. The monoisotopic (exact) mass is 929 g/mol. The number of aliphatic hydroxyl groups is 1. The molecule has 2 fully saturated rings. The summed E-state index contributed by atoms with van der Waals surface area (Å²) in [5.74, 6) is 0.913. The third kappa shape index (κ3) is 9.49. The molecular weight excluding hydrogens is 867 g/mol. The maximum absolute atomic E-state index is 14.0. The highest BCUT2D eigenvalue weighted by atomic mass is 16.5. The van der Waals surface area contributed by atoms with Gasteiger partial charge in [-0.15, -0.1) is 0 Å². The molecule has 360 valence electrons. The fourth-order valence-electron chi connectivity index (χ4n) is 10.6. The van der Waals surface area contributed by atoms with Crippen LogP contribution in [0.3, 0.4) is 0 Å². The molecule has 5 aromatic rings. The summed E-state index contributed by atoms with van der Waals surface area (Å²) < 4.78 is 11.3. The summed E-state index contributed by atoms with van der Waals surface area (Å²) in [6.45, 7) is 8.57. The van der Waals surface area contributed by atoms with E-state index in [-0.39, 0.29) is 53.5 Å². The van der Waals surface area contributed by atoms with Crippen LogP contribution in [0, 0.1) is 17.8 Å². The number of methoxy groups -OCH3 is 1.